The lowest BCUT2D eigenvalue weighted by atomic mass is 9.93. The largest absolute Gasteiger partial charge is 1.00 e. The molecule has 1 N–H and O–H groups in total. The lowest BCUT2D eigenvalue weighted by molar-refractivity contribution is -0.940. The molecule has 190 valence electrons. The van der Waals surface area contributed by atoms with Crippen LogP contribution in [0.15, 0.2) is 48.5 Å². The van der Waals surface area contributed by atoms with E-state index in [0.717, 1.165) is 68.4 Å². The highest BCUT2D eigenvalue weighted by Gasteiger charge is 2.41. The second kappa shape index (κ2) is 12.7. The average Bonchev–Trinajstić information content (AvgIpc) is 2.83. The minimum Gasteiger partial charge on any atom is -1.00 e. The molecule has 2 aliphatic rings. The van der Waals surface area contributed by atoms with Crippen molar-refractivity contribution in [2.45, 2.75) is 71.4 Å². The number of rotatable bonds is 7. The summed E-state index contributed by atoms with van der Waals surface area (Å²) in [6.07, 6.45) is 7.36. The summed E-state index contributed by atoms with van der Waals surface area (Å²) >= 11 is 0. The first-order chi connectivity index (χ1) is 16.4. The van der Waals surface area contributed by atoms with E-state index in [4.69, 9.17) is 4.74 Å². The van der Waals surface area contributed by atoms with Gasteiger partial charge < -0.3 is 31.5 Å². The maximum Gasteiger partial charge on any atom is 0.314 e. The van der Waals surface area contributed by atoms with Gasteiger partial charge in [0.05, 0.1) is 13.1 Å². The Bertz CT molecular complexity index is 970. The Hall–Kier alpha value is -2.18. The van der Waals surface area contributed by atoms with Crippen LogP contribution in [0.4, 0.5) is 5.69 Å². The molecular weight excluding hydrogens is 504 g/mol. The Balaban J connectivity index is 0.00000342. The number of nitrogens with zero attached hydrogens (tertiary/aromatic N) is 1. The number of benzene rings is 2. The summed E-state index contributed by atoms with van der Waals surface area (Å²) in [6, 6.07) is 16.4. The lowest BCUT2D eigenvalue weighted by Gasteiger charge is -2.43. The van der Waals surface area contributed by atoms with E-state index in [2.05, 4.69) is 17.4 Å². The molecule has 2 aromatic carbocycles. The smallest absolute Gasteiger partial charge is 0.314 e. The van der Waals surface area contributed by atoms with Crippen LogP contribution < -0.4 is 22.3 Å². The van der Waals surface area contributed by atoms with Gasteiger partial charge in [0.2, 0.25) is 0 Å². The van der Waals surface area contributed by atoms with E-state index in [1.807, 2.05) is 50.2 Å². The number of esters is 1. The molecule has 2 atom stereocenters. The van der Waals surface area contributed by atoms with Gasteiger partial charge in [0.25, 0.3) is 5.91 Å². The van der Waals surface area contributed by atoms with E-state index in [9.17, 15) is 9.59 Å². The zero-order valence-corrected chi connectivity index (χ0v) is 22.7. The van der Waals surface area contributed by atoms with Crippen LogP contribution in [0.5, 0.6) is 0 Å². The third-order valence-corrected chi connectivity index (χ3v) is 7.55. The summed E-state index contributed by atoms with van der Waals surface area (Å²) < 4.78 is 6.55. The number of piperidine rings is 1. The highest BCUT2D eigenvalue weighted by Crippen LogP contribution is 2.30. The standard InChI is InChI=1S/C29H38N2O3.BrH/c1-22-11-9-12-23(2)28(22)30-27(32)21-31(19-24-13-5-3-6-14-24)18-10-15-25(20-31)29(33)34-26-16-7-4-8-17-26;/h3,5-6,9,11-14,25-26H,4,7-8,10,15-21H2,1-2H3;1H. The predicted molar refractivity (Wildman–Crippen MR) is 135 cm³/mol. The Kier molecular flexibility index (Phi) is 9.93. The quantitative estimate of drug-likeness (QED) is 0.432. The van der Waals surface area contributed by atoms with E-state index in [-0.39, 0.29) is 40.9 Å². The van der Waals surface area contributed by atoms with Crippen LogP contribution in [0.1, 0.15) is 61.6 Å². The molecule has 1 saturated carbocycles. The predicted octanol–water partition coefficient (Wildman–Crippen LogP) is 2.55. The van der Waals surface area contributed by atoms with Crippen LogP contribution in [-0.2, 0) is 20.9 Å². The molecule has 4 rings (SSSR count). The number of hydrogen-bond donors (Lipinski definition) is 1. The number of nitrogens with one attached hydrogen (secondary N) is 1. The van der Waals surface area contributed by atoms with Gasteiger partial charge >= 0.3 is 5.97 Å². The van der Waals surface area contributed by atoms with Crippen LogP contribution in [0, 0.1) is 19.8 Å². The molecule has 0 radical (unpaired) electrons. The van der Waals surface area contributed by atoms with Gasteiger partial charge in [-0.15, -0.1) is 0 Å². The van der Waals surface area contributed by atoms with Gasteiger partial charge in [0.1, 0.15) is 18.6 Å². The second-order valence-electron chi connectivity index (χ2n) is 10.4. The monoisotopic (exact) mass is 542 g/mol. The van der Waals surface area contributed by atoms with Crippen molar-refractivity contribution in [2.75, 3.05) is 25.0 Å². The van der Waals surface area contributed by atoms with Gasteiger partial charge in [-0.25, -0.2) is 0 Å². The molecule has 5 nitrogen and oxygen atoms in total. The maximum atomic E-state index is 13.3. The van der Waals surface area contributed by atoms with Crippen LogP contribution in [0.2, 0.25) is 0 Å². The minimum absolute atomic E-state index is 0. The zero-order chi connectivity index (χ0) is 24.0. The number of amides is 1. The Labute approximate surface area is 220 Å². The number of carbonyl (C=O) groups excluding carboxylic acids is 2. The fourth-order valence-corrected chi connectivity index (χ4v) is 5.77. The molecule has 0 aromatic heterocycles. The number of hydrogen-bond acceptors (Lipinski definition) is 3. The zero-order valence-electron chi connectivity index (χ0n) is 21.1. The first kappa shape index (κ1) is 27.4. The number of para-hydroxylation sites is 1. The van der Waals surface area contributed by atoms with Crippen molar-refractivity contribution in [3.05, 3.63) is 65.2 Å². The summed E-state index contributed by atoms with van der Waals surface area (Å²) in [5.74, 6) is -0.195. The number of quaternary nitrogens is 1. The summed E-state index contributed by atoms with van der Waals surface area (Å²) in [4.78, 5) is 26.5. The molecule has 2 unspecified atom stereocenters. The van der Waals surface area contributed by atoms with E-state index in [1.54, 1.807) is 0 Å². The van der Waals surface area contributed by atoms with Crippen molar-refractivity contribution in [1.29, 1.82) is 0 Å². The van der Waals surface area contributed by atoms with Gasteiger partial charge in [-0.2, -0.15) is 0 Å². The van der Waals surface area contributed by atoms with Crippen LogP contribution in [-0.4, -0.2) is 42.1 Å². The molecule has 1 heterocycles. The van der Waals surface area contributed by atoms with Crippen molar-refractivity contribution in [1.82, 2.24) is 0 Å². The van der Waals surface area contributed by atoms with E-state index in [1.165, 1.54) is 12.0 Å². The highest BCUT2D eigenvalue weighted by molar-refractivity contribution is 5.93. The molecule has 2 aromatic rings. The highest BCUT2D eigenvalue weighted by atomic mass is 79.9. The average molecular weight is 544 g/mol. The van der Waals surface area contributed by atoms with E-state index in [0.29, 0.717) is 17.6 Å². The van der Waals surface area contributed by atoms with E-state index < -0.39 is 0 Å². The van der Waals surface area contributed by atoms with Crippen molar-refractivity contribution in [3.8, 4) is 0 Å². The fraction of sp³-hybridized carbons (Fsp3) is 0.517. The number of anilines is 1. The Morgan fingerprint density at radius 1 is 0.914 bits per heavy atom. The first-order valence-corrected chi connectivity index (χ1v) is 12.9. The number of halogens is 1. The molecule has 1 saturated heterocycles. The van der Waals surface area contributed by atoms with Crippen molar-refractivity contribution < 1.29 is 35.8 Å². The van der Waals surface area contributed by atoms with Gasteiger partial charge in [-0.3, -0.25) is 9.59 Å². The van der Waals surface area contributed by atoms with Gasteiger partial charge in [-0.05, 0) is 63.5 Å². The van der Waals surface area contributed by atoms with Gasteiger partial charge in [0, 0.05) is 11.3 Å². The Morgan fingerprint density at radius 3 is 2.29 bits per heavy atom. The van der Waals surface area contributed by atoms with Gasteiger partial charge in [0.15, 0.2) is 6.54 Å². The number of aryl methyl sites for hydroxylation is 2. The number of likely N-dealkylation sites (tertiary alicyclic amines) is 1. The minimum atomic E-state index is -0.146. The second-order valence-corrected chi connectivity index (χ2v) is 10.4. The summed E-state index contributed by atoms with van der Waals surface area (Å²) in [5.41, 5.74) is 4.23. The lowest BCUT2D eigenvalue weighted by Crippen LogP contribution is -3.00. The van der Waals surface area contributed by atoms with E-state index >= 15 is 0 Å². The molecule has 6 heteroatoms. The summed E-state index contributed by atoms with van der Waals surface area (Å²) in [5, 5.41) is 3.18. The third kappa shape index (κ3) is 7.40. The van der Waals surface area contributed by atoms with Crippen molar-refractivity contribution in [2.24, 2.45) is 5.92 Å². The third-order valence-electron chi connectivity index (χ3n) is 7.55. The van der Waals surface area contributed by atoms with Crippen molar-refractivity contribution >= 4 is 17.6 Å². The number of ether oxygens (including phenoxy) is 1. The first-order valence-electron chi connectivity index (χ1n) is 12.9. The molecule has 1 aliphatic heterocycles. The number of carbonyl (C=O) groups is 2. The summed E-state index contributed by atoms with van der Waals surface area (Å²) in [7, 11) is 0. The van der Waals surface area contributed by atoms with Crippen LogP contribution >= 0.6 is 0 Å². The SMILES string of the molecule is Cc1cccc(C)c1NC(=O)C[N+]1(Cc2ccccc2)CCCC(C(=O)OC2CCCCC2)C1.[Br-]. The molecular formula is C29H39BrN2O3. The fourth-order valence-electron chi connectivity index (χ4n) is 5.77. The van der Waals surface area contributed by atoms with Crippen molar-refractivity contribution in [3.63, 3.8) is 0 Å². The van der Waals surface area contributed by atoms with Crippen LogP contribution in [0.25, 0.3) is 0 Å². The summed E-state index contributed by atoms with van der Waals surface area (Å²) in [6.45, 7) is 6.69. The molecule has 0 spiro atoms. The van der Waals surface area contributed by atoms with Gasteiger partial charge in [-0.1, -0.05) is 55.0 Å². The molecule has 2 fully saturated rings. The van der Waals surface area contributed by atoms with Crippen LogP contribution in [0.3, 0.4) is 0 Å². The normalized spacial score (nSPS) is 22.6. The molecule has 1 amide bonds. The molecule has 35 heavy (non-hydrogen) atoms. The molecule has 0 bridgehead atoms. The molecule has 1 aliphatic carbocycles. The Morgan fingerprint density at radius 2 is 1.60 bits per heavy atom. The maximum absolute atomic E-state index is 13.3. The topological polar surface area (TPSA) is 55.4 Å².